The minimum Gasteiger partial charge on any atom is -0.482 e. The van der Waals surface area contributed by atoms with Gasteiger partial charge in [0.15, 0.2) is 6.61 Å². The number of nitrogens with one attached hydrogen (secondary N) is 2. The van der Waals surface area contributed by atoms with Crippen LogP contribution in [0.1, 0.15) is 31.1 Å². The third-order valence-corrected chi connectivity index (χ3v) is 2.68. The zero-order chi connectivity index (χ0) is 15.8. The van der Waals surface area contributed by atoms with Crippen LogP contribution in [0.25, 0.3) is 0 Å². The Balaban J connectivity index is 2.57. The standard InChI is InChI=1S/C15H23N3O3/c1-4-17-15(20)11-5-6-13(12(16)7-11)21-9-14(19)18-8-10(2)3/h5-7,10H,4,8-9,16H2,1-3H3,(H,17,20)(H,18,19). The van der Waals surface area contributed by atoms with Gasteiger partial charge in [-0.15, -0.1) is 0 Å². The van der Waals surface area contributed by atoms with Crippen molar-refractivity contribution < 1.29 is 14.3 Å². The topological polar surface area (TPSA) is 93.4 Å². The van der Waals surface area contributed by atoms with Crippen LogP contribution >= 0.6 is 0 Å². The summed E-state index contributed by atoms with van der Waals surface area (Å²) < 4.78 is 5.36. The van der Waals surface area contributed by atoms with E-state index in [-0.39, 0.29) is 18.4 Å². The number of anilines is 1. The quantitative estimate of drug-likeness (QED) is 0.658. The molecule has 0 atom stereocenters. The maximum absolute atomic E-state index is 11.7. The van der Waals surface area contributed by atoms with Gasteiger partial charge >= 0.3 is 0 Å². The van der Waals surface area contributed by atoms with E-state index in [1.54, 1.807) is 12.1 Å². The first-order valence-electron chi connectivity index (χ1n) is 7.01. The van der Waals surface area contributed by atoms with Crippen LogP contribution in [0.15, 0.2) is 18.2 Å². The summed E-state index contributed by atoms with van der Waals surface area (Å²) in [6.45, 7) is 6.92. The molecule has 0 spiro atoms. The van der Waals surface area contributed by atoms with E-state index in [1.807, 2.05) is 20.8 Å². The molecule has 1 aromatic carbocycles. The monoisotopic (exact) mass is 293 g/mol. The highest BCUT2D eigenvalue weighted by atomic mass is 16.5. The van der Waals surface area contributed by atoms with Gasteiger partial charge in [0.2, 0.25) is 0 Å². The van der Waals surface area contributed by atoms with Crippen LogP contribution in [-0.4, -0.2) is 31.5 Å². The average molecular weight is 293 g/mol. The number of carbonyl (C=O) groups excluding carboxylic acids is 2. The molecule has 0 saturated heterocycles. The Morgan fingerprint density at radius 1 is 1.29 bits per heavy atom. The predicted octanol–water partition coefficient (Wildman–Crippen LogP) is 1.17. The number of carbonyl (C=O) groups is 2. The lowest BCUT2D eigenvalue weighted by molar-refractivity contribution is -0.123. The number of hydrogen-bond donors (Lipinski definition) is 3. The van der Waals surface area contributed by atoms with Crippen molar-refractivity contribution in [3.05, 3.63) is 23.8 Å². The van der Waals surface area contributed by atoms with Gasteiger partial charge in [0.25, 0.3) is 11.8 Å². The van der Waals surface area contributed by atoms with Gasteiger partial charge in [0.05, 0.1) is 5.69 Å². The molecule has 1 aromatic rings. The summed E-state index contributed by atoms with van der Waals surface area (Å²) in [6.07, 6.45) is 0. The van der Waals surface area contributed by atoms with Gasteiger partial charge in [-0.25, -0.2) is 0 Å². The molecule has 1 rings (SSSR count). The van der Waals surface area contributed by atoms with E-state index in [2.05, 4.69) is 10.6 Å². The van der Waals surface area contributed by atoms with Crippen LogP contribution in [0, 0.1) is 5.92 Å². The molecular weight excluding hydrogens is 270 g/mol. The number of benzene rings is 1. The van der Waals surface area contributed by atoms with Crippen LogP contribution in [0.2, 0.25) is 0 Å². The van der Waals surface area contributed by atoms with Crippen molar-refractivity contribution in [1.29, 1.82) is 0 Å². The molecular formula is C15H23N3O3. The van der Waals surface area contributed by atoms with Crippen LogP contribution in [0.3, 0.4) is 0 Å². The highest BCUT2D eigenvalue weighted by Crippen LogP contribution is 2.22. The van der Waals surface area contributed by atoms with Crippen molar-refractivity contribution in [3.8, 4) is 5.75 Å². The molecule has 0 unspecified atom stereocenters. The molecule has 0 radical (unpaired) electrons. The largest absolute Gasteiger partial charge is 0.482 e. The van der Waals surface area contributed by atoms with Crippen LogP contribution in [0.4, 0.5) is 5.69 Å². The van der Waals surface area contributed by atoms with Gasteiger partial charge in [0, 0.05) is 18.7 Å². The van der Waals surface area contributed by atoms with Gasteiger partial charge < -0.3 is 21.1 Å². The van der Waals surface area contributed by atoms with Crippen molar-refractivity contribution >= 4 is 17.5 Å². The Hall–Kier alpha value is -2.24. The first-order chi connectivity index (χ1) is 9.93. The molecule has 0 aliphatic carbocycles. The van der Waals surface area contributed by atoms with Gasteiger partial charge in [-0.3, -0.25) is 9.59 Å². The highest BCUT2D eigenvalue weighted by Gasteiger charge is 2.09. The second kappa shape index (κ2) is 8.14. The molecule has 116 valence electrons. The summed E-state index contributed by atoms with van der Waals surface area (Å²) in [6, 6.07) is 4.74. The summed E-state index contributed by atoms with van der Waals surface area (Å²) in [5, 5.41) is 5.44. The molecule has 0 fully saturated rings. The summed E-state index contributed by atoms with van der Waals surface area (Å²) >= 11 is 0. The fourth-order valence-corrected chi connectivity index (χ4v) is 1.60. The number of nitrogens with two attached hydrogens (primary N) is 1. The fourth-order valence-electron chi connectivity index (χ4n) is 1.60. The molecule has 21 heavy (non-hydrogen) atoms. The molecule has 2 amide bonds. The number of ether oxygens (including phenoxy) is 1. The highest BCUT2D eigenvalue weighted by molar-refractivity contribution is 5.95. The SMILES string of the molecule is CCNC(=O)c1ccc(OCC(=O)NCC(C)C)c(N)c1. The fraction of sp³-hybridized carbons (Fsp3) is 0.467. The zero-order valence-electron chi connectivity index (χ0n) is 12.7. The molecule has 0 saturated carbocycles. The normalized spacial score (nSPS) is 10.3. The van der Waals surface area contributed by atoms with Gasteiger partial charge in [-0.1, -0.05) is 13.8 Å². The summed E-state index contributed by atoms with van der Waals surface area (Å²) in [5.41, 5.74) is 6.62. The van der Waals surface area contributed by atoms with Crippen molar-refractivity contribution in [1.82, 2.24) is 10.6 Å². The molecule has 6 heteroatoms. The van der Waals surface area contributed by atoms with E-state index in [9.17, 15) is 9.59 Å². The smallest absolute Gasteiger partial charge is 0.257 e. The molecule has 4 N–H and O–H groups in total. The summed E-state index contributed by atoms with van der Waals surface area (Å²) in [7, 11) is 0. The lowest BCUT2D eigenvalue weighted by Gasteiger charge is -2.11. The average Bonchev–Trinajstić information content (AvgIpc) is 2.44. The molecule has 0 aliphatic heterocycles. The summed E-state index contributed by atoms with van der Waals surface area (Å²) in [5.74, 6) is 0.388. The van der Waals surface area contributed by atoms with Crippen LogP contribution in [0.5, 0.6) is 5.75 Å². The maximum atomic E-state index is 11.7. The van der Waals surface area contributed by atoms with Crippen molar-refractivity contribution in [2.24, 2.45) is 5.92 Å². The minimum atomic E-state index is -0.198. The van der Waals surface area contributed by atoms with E-state index in [4.69, 9.17) is 10.5 Å². The first-order valence-corrected chi connectivity index (χ1v) is 7.01. The van der Waals surface area contributed by atoms with Crippen molar-refractivity contribution in [2.75, 3.05) is 25.4 Å². The maximum Gasteiger partial charge on any atom is 0.257 e. The lowest BCUT2D eigenvalue weighted by atomic mass is 10.2. The summed E-state index contributed by atoms with van der Waals surface area (Å²) in [4.78, 5) is 23.2. The molecule has 0 bridgehead atoms. The van der Waals surface area contributed by atoms with Gasteiger partial charge in [0.1, 0.15) is 5.75 Å². The lowest BCUT2D eigenvalue weighted by Crippen LogP contribution is -2.31. The minimum absolute atomic E-state index is 0.0998. The first kappa shape index (κ1) is 16.8. The van der Waals surface area contributed by atoms with Gasteiger partial charge in [-0.05, 0) is 31.0 Å². The van der Waals surface area contributed by atoms with E-state index in [0.717, 1.165) is 0 Å². The molecule has 0 aliphatic rings. The van der Waals surface area contributed by atoms with E-state index in [0.29, 0.717) is 36.0 Å². The van der Waals surface area contributed by atoms with Crippen molar-refractivity contribution in [3.63, 3.8) is 0 Å². The second-order valence-corrected chi connectivity index (χ2v) is 5.10. The zero-order valence-corrected chi connectivity index (χ0v) is 12.7. The van der Waals surface area contributed by atoms with E-state index in [1.165, 1.54) is 6.07 Å². The Kier molecular flexibility index (Phi) is 6.52. The molecule has 0 aromatic heterocycles. The Morgan fingerprint density at radius 2 is 2.00 bits per heavy atom. The van der Waals surface area contributed by atoms with Gasteiger partial charge in [-0.2, -0.15) is 0 Å². The number of amides is 2. The third kappa shape index (κ3) is 5.72. The Labute approximate surface area is 125 Å². The third-order valence-electron chi connectivity index (χ3n) is 2.68. The molecule has 6 nitrogen and oxygen atoms in total. The van der Waals surface area contributed by atoms with Crippen molar-refractivity contribution in [2.45, 2.75) is 20.8 Å². The molecule has 0 heterocycles. The number of nitrogen functional groups attached to an aromatic ring is 1. The van der Waals surface area contributed by atoms with E-state index >= 15 is 0 Å². The Morgan fingerprint density at radius 3 is 2.57 bits per heavy atom. The number of hydrogen-bond acceptors (Lipinski definition) is 4. The van der Waals surface area contributed by atoms with Crippen LogP contribution < -0.4 is 21.1 Å². The predicted molar refractivity (Wildman–Crippen MR) is 82.2 cm³/mol. The second-order valence-electron chi connectivity index (χ2n) is 5.10. The number of rotatable bonds is 7. The van der Waals surface area contributed by atoms with Crippen LogP contribution in [-0.2, 0) is 4.79 Å². The van der Waals surface area contributed by atoms with E-state index < -0.39 is 0 Å². The Bertz CT molecular complexity index is 501.